The van der Waals surface area contributed by atoms with Gasteiger partial charge in [0.25, 0.3) is 5.89 Å². The molecule has 1 atom stereocenters. The van der Waals surface area contributed by atoms with Crippen LogP contribution >= 0.6 is 0 Å². The summed E-state index contributed by atoms with van der Waals surface area (Å²) in [4.78, 5) is 18.7. The van der Waals surface area contributed by atoms with Gasteiger partial charge >= 0.3 is 0 Å². The summed E-state index contributed by atoms with van der Waals surface area (Å²) in [5.74, 6) is 2.02. The molecule has 4 heterocycles. The van der Waals surface area contributed by atoms with Gasteiger partial charge < -0.3 is 18.8 Å². The number of hydrogen-bond donors (Lipinski definition) is 0. The molecule has 1 unspecified atom stereocenters. The molecule has 1 amide bonds. The highest BCUT2D eigenvalue weighted by molar-refractivity contribution is 5.96. The standard InChI is InChI=1S/C20H18N4O4/c1-12-3-2-4-15(21-12)20-23-22-19(28-20)13-9-18(25)24(11-13)14-5-6-16-17(10-14)27-8-7-26-16/h2-6,10,13H,7-9,11H2,1H3. The maximum Gasteiger partial charge on any atom is 0.266 e. The average Bonchev–Trinajstić information content (AvgIpc) is 3.34. The van der Waals surface area contributed by atoms with E-state index in [1.807, 2.05) is 43.3 Å². The molecular weight excluding hydrogens is 360 g/mol. The first-order valence-electron chi connectivity index (χ1n) is 9.15. The van der Waals surface area contributed by atoms with Crippen molar-refractivity contribution in [1.82, 2.24) is 15.2 Å². The quantitative estimate of drug-likeness (QED) is 0.692. The third kappa shape index (κ3) is 2.96. The summed E-state index contributed by atoms with van der Waals surface area (Å²) >= 11 is 0. The van der Waals surface area contributed by atoms with E-state index in [9.17, 15) is 4.79 Å². The van der Waals surface area contributed by atoms with Gasteiger partial charge in [0.15, 0.2) is 11.5 Å². The average molecular weight is 378 g/mol. The number of aryl methyl sites for hydroxylation is 1. The third-order valence-corrected chi connectivity index (χ3v) is 4.86. The van der Waals surface area contributed by atoms with Crippen LogP contribution in [0.2, 0.25) is 0 Å². The lowest BCUT2D eigenvalue weighted by Gasteiger charge is -2.22. The number of ether oxygens (including phenoxy) is 2. The zero-order valence-electron chi connectivity index (χ0n) is 15.3. The molecule has 8 nitrogen and oxygen atoms in total. The number of pyridine rings is 1. The smallest absolute Gasteiger partial charge is 0.266 e. The molecule has 8 heteroatoms. The van der Waals surface area contributed by atoms with Crippen molar-refractivity contribution < 1.29 is 18.7 Å². The number of amides is 1. The van der Waals surface area contributed by atoms with Crippen LogP contribution < -0.4 is 14.4 Å². The van der Waals surface area contributed by atoms with Crippen LogP contribution in [-0.2, 0) is 4.79 Å². The minimum absolute atomic E-state index is 0.00936. The Labute approximate surface area is 161 Å². The number of aromatic nitrogens is 3. The van der Waals surface area contributed by atoms with E-state index in [4.69, 9.17) is 13.9 Å². The second-order valence-corrected chi connectivity index (χ2v) is 6.84. The molecule has 3 aromatic rings. The zero-order valence-corrected chi connectivity index (χ0v) is 15.3. The minimum Gasteiger partial charge on any atom is -0.486 e. The van der Waals surface area contributed by atoms with Crippen molar-refractivity contribution >= 4 is 11.6 Å². The van der Waals surface area contributed by atoms with Crippen LogP contribution in [0.3, 0.4) is 0 Å². The second kappa shape index (κ2) is 6.63. The summed E-state index contributed by atoms with van der Waals surface area (Å²) in [5, 5.41) is 8.26. The molecule has 142 valence electrons. The summed E-state index contributed by atoms with van der Waals surface area (Å²) in [6, 6.07) is 11.2. The van der Waals surface area contributed by atoms with Crippen LogP contribution in [0.5, 0.6) is 11.5 Å². The first-order valence-corrected chi connectivity index (χ1v) is 9.15. The molecule has 1 fully saturated rings. The van der Waals surface area contributed by atoms with Gasteiger partial charge in [-0.1, -0.05) is 6.07 Å². The second-order valence-electron chi connectivity index (χ2n) is 6.84. The van der Waals surface area contributed by atoms with Gasteiger partial charge in [-0.15, -0.1) is 10.2 Å². The summed E-state index contributed by atoms with van der Waals surface area (Å²) in [6.45, 7) is 3.42. The highest BCUT2D eigenvalue weighted by Gasteiger charge is 2.35. The molecule has 0 radical (unpaired) electrons. The summed E-state index contributed by atoms with van der Waals surface area (Å²) in [6.07, 6.45) is 0.317. The number of nitrogens with zero attached hydrogens (tertiary/aromatic N) is 4. The lowest BCUT2D eigenvalue weighted by Crippen LogP contribution is -2.24. The Balaban J connectivity index is 1.37. The van der Waals surface area contributed by atoms with E-state index >= 15 is 0 Å². The third-order valence-electron chi connectivity index (χ3n) is 4.86. The maximum atomic E-state index is 12.6. The SMILES string of the molecule is Cc1cccc(-c2nnc(C3CC(=O)N(c4ccc5c(c4)OCCO5)C3)o2)n1. The fourth-order valence-electron chi connectivity index (χ4n) is 3.49. The van der Waals surface area contributed by atoms with Crippen LogP contribution in [0.15, 0.2) is 40.8 Å². The van der Waals surface area contributed by atoms with Gasteiger partial charge in [-0.2, -0.15) is 0 Å². The molecular formula is C20H18N4O4. The van der Waals surface area contributed by atoms with Crippen LogP contribution in [0.25, 0.3) is 11.6 Å². The van der Waals surface area contributed by atoms with Crippen molar-refractivity contribution in [3.05, 3.63) is 48.0 Å². The lowest BCUT2D eigenvalue weighted by atomic mass is 10.1. The van der Waals surface area contributed by atoms with Crippen LogP contribution in [0, 0.1) is 6.92 Å². The van der Waals surface area contributed by atoms with Crippen molar-refractivity contribution in [2.75, 3.05) is 24.7 Å². The van der Waals surface area contributed by atoms with Gasteiger partial charge in [-0.05, 0) is 31.2 Å². The molecule has 1 aromatic carbocycles. The number of carbonyl (C=O) groups excluding carboxylic acids is 1. The predicted molar refractivity (Wildman–Crippen MR) is 99.4 cm³/mol. The Morgan fingerprint density at radius 1 is 1.07 bits per heavy atom. The molecule has 0 bridgehead atoms. The van der Waals surface area contributed by atoms with Crippen molar-refractivity contribution in [2.24, 2.45) is 0 Å². The molecule has 5 rings (SSSR count). The number of benzene rings is 1. The first-order chi connectivity index (χ1) is 13.7. The van der Waals surface area contributed by atoms with E-state index in [0.29, 0.717) is 55.2 Å². The number of carbonyl (C=O) groups is 1. The number of anilines is 1. The first kappa shape index (κ1) is 16.7. The molecule has 2 aliphatic rings. The molecule has 2 aromatic heterocycles. The largest absolute Gasteiger partial charge is 0.486 e. The summed E-state index contributed by atoms with van der Waals surface area (Å²) in [7, 11) is 0. The van der Waals surface area contributed by atoms with Gasteiger partial charge in [0.2, 0.25) is 11.8 Å². The maximum absolute atomic E-state index is 12.6. The van der Waals surface area contributed by atoms with E-state index in [-0.39, 0.29) is 11.8 Å². The fraction of sp³-hybridized carbons (Fsp3) is 0.300. The Hall–Kier alpha value is -3.42. The van der Waals surface area contributed by atoms with E-state index in [1.54, 1.807) is 4.90 Å². The van der Waals surface area contributed by atoms with Crippen molar-refractivity contribution in [1.29, 1.82) is 0 Å². The molecule has 0 N–H and O–H groups in total. The molecule has 0 saturated carbocycles. The Morgan fingerprint density at radius 2 is 1.93 bits per heavy atom. The van der Waals surface area contributed by atoms with Crippen LogP contribution in [0.4, 0.5) is 5.69 Å². The van der Waals surface area contributed by atoms with Crippen molar-refractivity contribution in [3.8, 4) is 23.1 Å². The van der Waals surface area contributed by atoms with Crippen LogP contribution in [0.1, 0.15) is 23.9 Å². The molecule has 0 spiro atoms. The monoisotopic (exact) mass is 378 g/mol. The van der Waals surface area contributed by atoms with Gasteiger partial charge in [-0.3, -0.25) is 4.79 Å². The Morgan fingerprint density at radius 3 is 2.79 bits per heavy atom. The predicted octanol–water partition coefficient (Wildman–Crippen LogP) is 2.73. The number of hydrogen-bond acceptors (Lipinski definition) is 7. The Bertz CT molecular complexity index is 1050. The topological polar surface area (TPSA) is 90.6 Å². The molecule has 2 aliphatic heterocycles. The highest BCUT2D eigenvalue weighted by atomic mass is 16.6. The lowest BCUT2D eigenvalue weighted by molar-refractivity contribution is -0.117. The summed E-state index contributed by atoms with van der Waals surface area (Å²) < 4.78 is 17.0. The van der Waals surface area contributed by atoms with E-state index < -0.39 is 0 Å². The van der Waals surface area contributed by atoms with Gasteiger partial charge in [-0.25, -0.2) is 4.98 Å². The van der Waals surface area contributed by atoms with E-state index in [1.165, 1.54) is 0 Å². The van der Waals surface area contributed by atoms with Crippen LogP contribution in [-0.4, -0.2) is 40.8 Å². The van der Waals surface area contributed by atoms with Crippen molar-refractivity contribution in [2.45, 2.75) is 19.3 Å². The highest BCUT2D eigenvalue weighted by Crippen LogP contribution is 2.37. The summed E-state index contributed by atoms with van der Waals surface area (Å²) in [5.41, 5.74) is 2.28. The van der Waals surface area contributed by atoms with Gasteiger partial charge in [0, 0.05) is 30.4 Å². The minimum atomic E-state index is -0.160. The number of fused-ring (bicyclic) bond motifs is 1. The number of rotatable bonds is 3. The van der Waals surface area contributed by atoms with Gasteiger partial charge in [0.1, 0.15) is 18.9 Å². The van der Waals surface area contributed by atoms with E-state index in [0.717, 1.165) is 11.4 Å². The Kier molecular flexibility index (Phi) is 3.96. The molecule has 1 saturated heterocycles. The fourth-order valence-corrected chi connectivity index (χ4v) is 3.49. The van der Waals surface area contributed by atoms with Gasteiger partial charge in [0.05, 0.1) is 5.92 Å². The van der Waals surface area contributed by atoms with Crippen molar-refractivity contribution in [3.63, 3.8) is 0 Å². The van der Waals surface area contributed by atoms with E-state index in [2.05, 4.69) is 15.2 Å². The zero-order chi connectivity index (χ0) is 19.1. The molecule has 0 aliphatic carbocycles. The normalized spacial score (nSPS) is 18.5. The molecule has 28 heavy (non-hydrogen) atoms.